The van der Waals surface area contributed by atoms with Crippen molar-refractivity contribution in [2.24, 2.45) is 0 Å². The number of aromatic nitrogens is 2. The summed E-state index contributed by atoms with van der Waals surface area (Å²) in [5.41, 5.74) is 1.72. The monoisotopic (exact) mass is 383 g/mol. The molecule has 3 aromatic rings. The van der Waals surface area contributed by atoms with Gasteiger partial charge in [-0.05, 0) is 30.2 Å². The molecule has 0 unspecified atom stereocenters. The molecule has 1 aliphatic heterocycles. The first-order valence-corrected chi connectivity index (χ1v) is 10.4. The van der Waals surface area contributed by atoms with Gasteiger partial charge >= 0.3 is 0 Å². The number of hydrogen-bond acceptors (Lipinski definition) is 4. The van der Waals surface area contributed by atoms with E-state index in [4.69, 9.17) is 4.74 Å². The van der Waals surface area contributed by atoms with Gasteiger partial charge in [-0.3, -0.25) is 8.99 Å². The van der Waals surface area contributed by atoms with Gasteiger partial charge in [-0.15, -0.1) is 0 Å². The highest BCUT2D eigenvalue weighted by molar-refractivity contribution is 7.92. The number of anilines is 1. The van der Waals surface area contributed by atoms with E-state index in [2.05, 4.69) is 5.10 Å². The van der Waals surface area contributed by atoms with E-state index < -0.39 is 10.0 Å². The number of sulfonamides is 1. The average molecular weight is 383 g/mol. The van der Waals surface area contributed by atoms with Crippen LogP contribution in [0.15, 0.2) is 71.9 Å². The number of para-hydroxylation sites is 2. The summed E-state index contributed by atoms with van der Waals surface area (Å²) in [5.74, 6) is 0.592. The number of nitrogens with zero attached hydrogens (tertiary/aromatic N) is 3. The van der Waals surface area contributed by atoms with Crippen LogP contribution in [0.2, 0.25) is 0 Å². The van der Waals surface area contributed by atoms with E-state index in [1.807, 2.05) is 42.5 Å². The van der Waals surface area contributed by atoms with Gasteiger partial charge in [0, 0.05) is 19.5 Å². The maximum Gasteiger partial charge on any atom is 0.281 e. The quantitative estimate of drug-likeness (QED) is 0.679. The molecule has 0 amide bonds. The van der Waals surface area contributed by atoms with E-state index in [-0.39, 0.29) is 5.03 Å². The van der Waals surface area contributed by atoms with Crippen molar-refractivity contribution in [1.29, 1.82) is 0 Å². The Morgan fingerprint density at radius 2 is 1.78 bits per heavy atom. The van der Waals surface area contributed by atoms with Crippen LogP contribution in [-0.4, -0.2) is 31.3 Å². The van der Waals surface area contributed by atoms with Crippen LogP contribution in [0.25, 0.3) is 0 Å². The molecule has 0 N–H and O–H groups in total. The van der Waals surface area contributed by atoms with Crippen LogP contribution in [0.4, 0.5) is 5.69 Å². The first-order valence-electron chi connectivity index (χ1n) is 8.96. The Balaban J connectivity index is 1.64. The normalized spacial score (nSPS) is 14.3. The molecule has 0 saturated heterocycles. The number of benzene rings is 2. The van der Waals surface area contributed by atoms with Crippen LogP contribution in [0, 0.1) is 0 Å². The number of ether oxygens (including phenoxy) is 1. The Hall–Kier alpha value is -2.80. The molecule has 0 aliphatic carbocycles. The Morgan fingerprint density at radius 3 is 2.63 bits per heavy atom. The van der Waals surface area contributed by atoms with Gasteiger partial charge in [0.05, 0.1) is 18.5 Å². The Morgan fingerprint density at radius 1 is 1.00 bits per heavy atom. The highest BCUT2D eigenvalue weighted by Crippen LogP contribution is 2.34. The second-order valence-electron chi connectivity index (χ2n) is 6.38. The van der Waals surface area contributed by atoms with Gasteiger partial charge in [-0.25, -0.2) is 0 Å². The van der Waals surface area contributed by atoms with Crippen LogP contribution >= 0.6 is 0 Å². The molecular weight excluding hydrogens is 362 g/mol. The van der Waals surface area contributed by atoms with Gasteiger partial charge in [-0.2, -0.15) is 13.5 Å². The number of hydrogen-bond donors (Lipinski definition) is 0. The molecule has 4 rings (SSSR count). The molecule has 0 bridgehead atoms. The molecule has 140 valence electrons. The van der Waals surface area contributed by atoms with Gasteiger partial charge in [0.2, 0.25) is 0 Å². The first-order chi connectivity index (χ1) is 13.2. The third-order valence-corrected chi connectivity index (χ3v) is 6.42. The van der Waals surface area contributed by atoms with Gasteiger partial charge in [0.25, 0.3) is 10.0 Å². The zero-order chi connectivity index (χ0) is 18.7. The van der Waals surface area contributed by atoms with E-state index in [0.717, 1.165) is 5.56 Å². The summed E-state index contributed by atoms with van der Waals surface area (Å²) in [6, 6.07) is 18.8. The molecule has 0 spiro atoms. The van der Waals surface area contributed by atoms with Crippen molar-refractivity contribution in [2.45, 2.75) is 24.4 Å². The minimum Gasteiger partial charge on any atom is -0.491 e. The van der Waals surface area contributed by atoms with Gasteiger partial charge in [0.15, 0.2) is 5.03 Å². The van der Waals surface area contributed by atoms with Crippen molar-refractivity contribution in [1.82, 2.24) is 9.78 Å². The maximum atomic E-state index is 13.4. The smallest absolute Gasteiger partial charge is 0.281 e. The minimum absolute atomic E-state index is 0.204. The minimum atomic E-state index is -3.74. The van der Waals surface area contributed by atoms with Gasteiger partial charge in [-0.1, -0.05) is 42.5 Å². The lowest BCUT2D eigenvalue weighted by Crippen LogP contribution is -2.33. The van der Waals surface area contributed by atoms with Gasteiger partial charge < -0.3 is 4.74 Å². The molecule has 1 aromatic heterocycles. The Bertz CT molecular complexity index is 1020. The Labute approximate surface area is 159 Å². The summed E-state index contributed by atoms with van der Waals surface area (Å²) in [6.45, 7) is 1.37. The van der Waals surface area contributed by atoms with Crippen LogP contribution in [0.3, 0.4) is 0 Å². The number of fused-ring (bicyclic) bond motifs is 1. The van der Waals surface area contributed by atoms with Crippen molar-refractivity contribution in [2.75, 3.05) is 17.5 Å². The van der Waals surface area contributed by atoms with Crippen LogP contribution in [-0.2, 0) is 23.0 Å². The van der Waals surface area contributed by atoms with Crippen LogP contribution < -0.4 is 9.04 Å². The fourth-order valence-corrected chi connectivity index (χ4v) is 4.89. The largest absolute Gasteiger partial charge is 0.491 e. The first kappa shape index (κ1) is 17.6. The molecule has 2 aromatic carbocycles. The van der Waals surface area contributed by atoms with Crippen molar-refractivity contribution in [3.8, 4) is 5.75 Å². The lowest BCUT2D eigenvalue weighted by Gasteiger charge is -2.23. The second-order valence-corrected chi connectivity index (χ2v) is 8.18. The molecule has 1 aliphatic rings. The Kier molecular flexibility index (Phi) is 4.85. The standard InChI is InChI=1S/C20H21N3O3S/c24-27(25,23-14-6-16-26-19-10-5-4-9-18(19)23)20-11-13-21-22(20)15-12-17-7-2-1-3-8-17/h1-5,7-11,13H,6,12,14-16H2. The highest BCUT2D eigenvalue weighted by atomic mass is 32.2. The molecule has 27 heavy (non-hydrogen) atoms. The number of aryl methyl sites for hydroxylation is 2. The van der Waals surface area contributed by atoms with Crippen molar-refractivity contribution >= 4 is 15.7 Å². The van der Waals surface area contributed by atoms with Gasteiger partial charge in [0.1, 0.15) is 5.75 Å². The molecule has 0 fully saturated rings. The molecule has 0 atom stereocenters. The third kappa shape index (κ3) is 3.55. The molecule has 0 saturated carbocycles. The number of rotatable bonds is 5. The van der Waals surface area contributed by atoms with E-state index in [1.54, 1.807) is 22.9 Å². The topological polar surface area (TPSA) is 64.4 Å². The predicted molar refractivity (Wildman–Crippen MR) is 103 cm³/mol. The maximum absolute atomic E-state index is 13.4. The zero-order valence-electron chi connectivity index (χ0n) is 14.9. The lowest BCUT2D eigenvalue weighted by molar-refractivity contribution is 0.322. The predicted octanol–water partition coefficient (Wildman–Crippen LogP) is 3.10. The van der Waals surface area contributed by atoms with E-state index in [1.165, 1.54) is 10.5 Å². The lowest BCUT2D eigenvalue weighted by atomic mass is 10.1. The van der Waals surface area contributed by atoms with Crippen molar-refractivity contribution in [3.05, 3.63) is 72.4 Å². The van der Waals surface area contributed by atoms with E-state index in [0.29, 0.717) is 44.0 Å². The van der Waals surface area contributed by atoms with Crippen LogP contribution in [0.1, 0.15) is 12.0 Å². The average Bonchev–Trinajstić information content (AvgIpc) is 3.06. The van der Waals surface area contributed by atoms with E-state index >= 15 is 0 Å². The summed E-state index contributed by atoms with van der Waals surface area (Å²) in [6.07, 6.45) is 2.88. The SMILES string of the molecule is O=S(=O)(c1ccnn1CCc1ccccc1)N1CCCOc2ccccc21. The summed E-state index contributed by atoms with van der Waals surface area (Å²) >= 11 is 0. The molecular formula is C20H21N3O3S. The van der Waals surface area contributed by atoms with Crippen LogP contribution in [0.5, 0.6) is 5.75 Å². The molecule has 7 heteroatoms. The van der Waals surface area contributed by atoms with E-state index in [9.17, 15) is 8.42 Å². The molecule has 6 nitrogen and oxygen atoms in total. The second kappa shape index (κ2) is 7.44. The van der Waals surface area contributed by atoms with Crippen molar-refractivity contribution < 1.29 is 13.2 Å². The molecule has 0 radical (unpaired) electrons. The third-order valence-electron chi connectivity index (χ3n) is 4.58. The summed E-state index contributed by atoms with van der Waals surface area (Å²) in [5, 5.41) is 4.46. The summed E-state index contributed by atoms with van der Waals surface area (Å²) in [4.78, 5) is 0. The summed E-state index contributed by atoms with van der Waals surface area (Å²) < 4.78 is 35.5. The fourth-order valence-electron chi connectivity index (χ4n) is 3.25. The molecule has 2 heterocycles. The zero-order valence-corrected chi connectivity index (χ0v) is 15.7. The highest BCUT2D eigenvalue weighted by Gasteiger charge is 2.31. The summed E-state index contributed by atoms with van der Waals surface area (Å²) in [7, 11) is -3.74. The fraction of sp³-hybridized carbons (Fsp3) is 0.250. The van der Waals surface area contributed by atoms with Crippen molar-refractivity contribution in [3.63, 3.8) is 0 Å².